The molecular weight excluding hydrogens is 493 g/mol. The number of aromatic nitrogens is 3. The van der Waals surface area contributed by atoms with E-state index in [2.05, 4.69) is 15.2 Å². The lowest BCUT2D eigenvalue weighted by Gasteiger charge is -2.42. The van der Waals surface area contributed by atoms with Crippen LogP contribution in [0.1, 0.15) is 44.7 Å². The van der Waals surface area contributed by atoms with Gasteiger partial charge in [-0.3, -0.25) is 9.78 Å². The minimum atomic E-state index is -4.29. The number of hydrogen-bond donors (Lipinski definition) is 0. The molecular formula is C26H28F5N5O. The molecule has 1 saturated heterocycles. The number of piperazine rings is 1. The van der Waals surface area contributed by atoms with Crippen LogP contribution in [0, 0.1) is 11.8 Å². The molecule has 37 heavy (non-hydrogen) atoms. The summed E-state index contributed by atoms with van der Waals surface area (Å²) in [4.78, 5) is 21.0. The van der Waals surface area contributed by atoms with Crippen molar-refractivity contribution in [1.29, 1.82) is 0 Å². The highest BCUT2D eigenvalue weighted by molar-refractivity contribution is 5.99. The van der Waals surface area contributed by atoms with Crippen molar-refractivity contribution in [2.45, 2.75) is 57.2 Å². The lowest BCUT2D eigenvalue weighted by molar-refractivity contribution is -0.160. The first kappa shape index (κ1) is 25.5. The van der Waals surface area contributed by atoms with E-state index >= 15 is 0 Å². The number of anilines is 1. The van der Waals surface area contributed by atoms with Crippen LogP contribution in [0.25, 0.3) is 16.3 Å². The summed E-state index contributed by atoms with van der Waals surface area (Å²) in [5.74, 6) is -4.02. The third-order valence-corrected chi connectivity index (χ3v) is 7.63. The Balaban J connectivity index is 1.34. The molecule has 1 amide bonds. The number of hydrogen-bond acceptors (Lipinski definition) is 5. The number of pyridine rings is 1. The summed E-state index contributed by atoms with van der Waals surface area (Å²) in [5.41, 5.74) is 1.07. The van der Waals surface area contributed by atoms with E-state index in [1.165, 1.54) is 12.2 Å². The molecule has 1 saturated carbocycles. The topological polar surface area (TPSA) is 62.2 Å². The van der Waals surface area contributed by atoms with Gasteiger partial charge in [0.15, 0.2) is 5.82 Å². The first-order valence-electron chi connectivity index (χ1n) is 12.5. The lowest BCUT2D eigenvalue weighted by atomic mass is 9.85. The van der Waals surface area contributed by atoms with Crippen LogP contribution >= 0.6 is 0 Å². The second-order valence-corrected chi connectivity index (χ2v) is 10.2. The van der Waals surface area contributed by atoms with Crippen molar-refractivity contribution in [3.05, 3.63) is 42.4 Å². The number of rotatable bonds is 3. The molecule has 3 heterocycles. The van der Waals surface area contributed by atoms with Crippen molar-refractivity contribution >= 4 is 28.1 Å². The first-order chi connectivity index (χ1) is 17.5. The van der Waals surface area contributed by atoms with Crippen molar-refractivity contribution in [3.8, 4) is 0 Å². The van der Waals surface area contributed by atoms with Crippen LogP contribution < -0.4 is 4.90 Å². The zero-order valence-corrected chi connectivity index (χ0v) is 20.4. The maximum atomic E-state index is 13.5. The Kier molecular flexibility index (Phi) is 6.66. The Morgan fingerprint density at radius 2 is 1.86 bits per heavy atom. The van der Waals surface area contributed by atoms with Crippen molar-refractivity contribution in [3.63, 3.8) is 0 Å². The Bertz CT molecular complexity index is 1230. The summed E-state index contributed by atoms with van der Waals surface area (Å²) in [6.45, 7) is 3.33. The molecule has 1 aliphatic heterocycles. The van der Waals surface area contributed by atoms with E-state index in [-0.39, 0.29) is 50.0 Å². The SMILES string of the molecule is CC1CN(C(=O)C2CCC(F)(F)CC2)CCN1c1nnc(C2=CCC(C(F)(F)F)C=C2)c2ccncc12. The summed E-state index contributed by atoms with van der Waals surface area (Å²) in [7, 11) is 0. The van der Waals surface area contributed by atoms with Crippen LogP contribution in [0.5, 0.6) is 0 Å². The predicted octanol–water partition coefficient (Wildman–Crippen LogP) is 5.41. The van der Waals surface area contributed by atoms with E-state index in [0.29, 0.717) is 36.7 Å². The molecule has 11 heteroatoms. The van der Waals surface area contributed by atoms with Crippen LogP contribution in [0.15, 0.2) is 36.7 Å². The van der Waals surface area contributed by atoms with E-state index in [1.807, 2.05) is 11.8 Å². The second-order valence-electron chi connectivity index (χ2n) is 10.2. The zero-order valence-electron chi connectivity index (χ0n) is 20.4. The summed E-state index contributed by atoms with van der Waals surface area (Å²) in [6.07, 6.45) is 2.88. The van der Waals surface area contributed by atoms with Gasteiger partial charge in [0.05, 0.1) is 5.92 Å². The van der Waals surface area contributed by atoms with E-state index in [1.54, 1.807) is 23.4 Å². The summed E-state index contributed by atoms with van der Waals surface area (Å²) >= 11 is 0. The van der Waals surface area contributed by atoms with E-state index < -0.39 is 18.0 Å². The average molecular weight is 522 g/mol. The number of alkyl halides is 5. The Morgan fingerprint density at radius 3 is 2.51 bits per heavy atom. The standard InChI is InChI=1S/C26H28F5N5O/c1-16-15-35(24(37)18-6-9-25(27,28)10-7-18)12-13-36(16)23-21-14-32-11-8-20(21)22(33-34-23)17-2-4-19(5-3-17)26(29,30)31/h2-4,8,11,14,16,18-19H,5-7,9-10,12-13,15H2,1H3. The number of fused-ring (bicyclic) bond motifs is 1. The van der Waals surface area contributed by atoms with E-state index in [4.69, 9.17) is 0 Å². The zero-order chi connectivity index (χ0) is 26.4. The molecule has 2 aromatic rings. The fraction of sp³-hybridized carbons (Fsp3) is 0.538. The van der Waals surface area contributed by atoms with E-state index in [0.717, 1.165) is 16.8 Å². The molecule has 3 aliphatic rings. The largest absolute Gasteiger partial charge is 0.395 e. The summed E-state index contributed by atoms with van der Waals surface area (Å²) < 4.78 is 66.2. The minimum absolute atomic E-state index is 0.0665. The number of allylic oxidation sites excluding steroid dienone is 4. The van der Waals surface area contributed by atoms with Gasteiger partial charge in [0.1, 0.15) is 5.69 Å². The third kappa shape index (κ3) is 5.17. The van der Waals surface area contributed by atoms with Gasteiger partial charge in [-0.25, -0.2) is 8.78 Å². The second kappa shape index (κ2) is 9.64. The number of carbonyl (C=O) groups excluding carboxylic acids is 1. The minimum Gasteiger partial charge on any atom is -0.348 e. The number of amides is 1. The van der Waals surface area contributed by atoms with Crippen molar-refractivity contribution in [2.24, 2.45) is 11.8 Å². The van der Waals surface area contributed by atoms with Gasteiger partial charge in [-0.15, -0.1) is 10.2 Å². The molecule has 2 aliphatic carbocycles. The molecule has 6 nitrogen and oxygen atoms in total. The summed E-state index contributed by atoms with van der Waals surface area (Å²) in [6, 6.07) is 1.67. The quantitative estimate of drug-likeness (QED) is 0.506. The Hall–Kier alpha value is -3.11. The van der Waals surface area contributed by atoms with Crippen LogP contribution in [-0.4, -0.2) is 63.8 Å². The van der Waals surface area contributed by atoms with Crippen molar-refractivity contribution in [1.82, 2.24) is 20.1 Å². The summed E-state index contributed by atoms with van der Waals surface area (Å²) in [5, 5.41) is 10.3. The lowest BCUT2D eigenvalue weighted by Crippen LogP contribution is -2.55. The molecule has 0 spiro atoms. The fourth-order valence-corrected chi connectivity index (χ4v) is 5.47. The number of halogens is 5. The number of carbonyl (C=O) groups is 1. The molecule has 0 aromatic carbocycles. The van der Waals surface area contributed by atoms with Gasteiger partial charge >= 0.3 is 6.18 Å². The van der Waals surface area contributed by atoms with Gasteiger partial charge in [0, 0.05) is 67.6 Å². The normalized spacial score (nSPS) is 24.9. The third-order valence-electron chi connectivity index (χ3n) is 7.63. The molecule has 0 radical (unpaired) electrons. The molecule has 2 aromatic heterocycles. The monoisotopic (exact) mass is 521 g/mol. The van der Waals surface area contributed by atoms with Gasteiger partial charge in [-0.2, -0.15) is 13.2 Å². The van der Waals surface area contributed by atoms with Gasteiger partial charge < -0.3 is 9.80 Å². The number of nitrogens with zero attached hydrogens (tertiary/aromatic N) is 5. The van der Waals surface area contributed by atoms with Crippen molar-refractivity contribution in [2.75, 3.05) is 24.5 Å². The van der Waals surface area contributed by atoms with Crippen molar-refractivity contribution < 1.29 is 26.7 Å². The Morgan fingerprint density at radius 1 is 1.11 bits per heavy atom. The maximum absolute atomic E-state index is 13.5. The van der Waals surface area contributed by atoms with Crippen LogP contribution in [0.2, 0.25) is 0 Å². The first-order valence-corrected chi connectivity index (χ1v) is 12.5. The van der Waals surface area contributed by atoms with Gasteiger partial charge in [0.2, 0.25) is 11.8 Å². The average Bonchev–Trinajstić information content (AvgIpc) is 2.87. The van der Waals surface area contributed by atoms with Gasteiger partial charge in [0.25, 0.3) is 0 Å². The molecule has 0 N–H and O–H groups in total. The highest BCUT2D eigenvalue weighted by Gasteiger charge is 2.40. The highest BCUT2D eigenvalue weighted by atomic mass is 19.4. The van der Waals surface area contributed by atoms with Gasteiger partial charge in [-0.1, -0.05) is 18.2 Å². The molecule has 2 unspecified atom stereocenters. The van der Waals surface area contributed by atoms with Crippen LogP contribution in [0.4, 0.5) is 27.8 Å². The van der Waals surface area contributed by atoms with Crippen LogP contribution in [-0.2, 0) is 4.79 Å². The van der Waals surface area contributed by atoms with Gasteiger partial charge in [-0.05, 0) is 37.8 Å². The maximum Gasteiger partial charge on any atom is 0.395 e. The molecule has 5 rings (SSSR count). The fourth-order valence-electron chi connectivity index (χ4n) is 5.47. The van der Waals surface area contributed by atoms with E-state index in [9.17, 15) is 26.7 Å². The molecule has 2 atom stereocenters. The predicted molar refractivity (Wildman–Crippen MR) is 129 cm³/mol. The smallest absolute Gasteiger partial charge is 0.348 e. The van der Waals surface area contributed by atoms with Crippen LogP contribution in [0.3, 0.4) is 0 Å². The Labute approximate surface area is 211 Å². The molecule has 0 bridgehead atoms. The highest BCUT2D eigenvalue weighted by Crippen LogP contribution is 2.39. The molecule has 2 fully saturated rings. The molecule has 198 valence electrons.